The Morgan fingerprint density at radius 3 is 2.56 bits per heavy atom. The van der Waals surface area contributed by atoms with E-state index in [4.69, 9.17) is 11.6 Å². The van der Waals surface area contributed by atoms with Crippen LogP contribution < -0.4 is 15.1 Å². The first-order valence-electron chi connectivity index (χ1n) is 6.49. The number of piperazine rings is 1. The first kappa shape index (κ1) is 13.4. The first-order valence-corrected chi connectivity index (χ1v) is 6.87. The molecule has 18 heavy (non-hydrogen) atoms. The van der Waals surface area contributed by atoms with Crippen molar-refractivity contribution in [2.75, 3.05) is 49.1 Å². The van der Waals surface area contributed by atoms with Crippen molar-refractivity contribution in [3.8, 4) is 0 Å². The maximum atomic E-state index is 6.11. The van der Waals surface area contributed by atoms with Crippen molar-refractivity contribution in [1.82, 2.24) is 15.3 Å². The predicted octanol–water partition coefficient (Wildman–Crippen LogP) is 1.39. The summed E-state index contributed by atoms with van der Waals surface area (Å²) in [7, 11) is 0. The van der Waals surface area contributed by atoms with E-state index in [-0.39, 0.29) is 0 Å². The van der Waals surface area contributed by atoms with Gasteiger partial charge in [-0.3, -0.25) is 0 Å². The number of nitrogens with one attached hydrogen (secondary N) is 1. The highest BCUT2D eigenvalue weighted by Crippen LogP contribution is 2.20. The van der Waals surface area contributed by atoms with Crippen LogP contribution in [0.15, 0.2) is 6.07 Å². The number of anilines is 2. The standard InChI is InChI=1S/C12H20ClN5/c1-3-17(4-2)12-15-10(13)9-11(16-12)18-7-5-14-6-8-18/h9,14H,3-8H2,1-2H3. The lowest BCUT2D eigenvalue weighted by Gasteiger charge is -2.29. The topological polar surface area (TPSA) is 44.3 Å². The molecule has 0 radical (unpaired) electrons. The van der Waals surface area contributed by atoms with Crippen LogP contribution in [0.25, 0.3) is 0 Å². The van der Waals surface area contributed by atoms with Crippen LogP contribution in [0.2, 0.25) is 5.15 Å². The van der Waals surface area contributed by atoms with Crippen LogP contribution >= 0.6 is 11.6 Å². The minimum Gasteiger partial charge on any atom is -0.354 e. The van der Waals surface area contributed by atoms with Gasteiger partial charge in [-0.15, -0.1) is 0 Å². The van der Waals surface area contributed by atoms with Crippen LogP contribution in [0.4, 0.5) is 11.8 Å². The zero-order valence-corrected chi connectivity index (χ0v) is 11.7. The average molecular weight is 270 g/mol. The fraction of sp³-hybridized carbons (Fsp3) is 0.667. The smallest absolute Gasteiger partial charge is 0.228 e. The summed E-state index contributed by atoms with van der Waals surface area (Å²) in [6.07, 6.45) is 0. The third kappa shape index (κ3) is 3.03. The maximum Gasteiger partial charge on any atom is 0.228 e. The Labute approximate surface area is 113 Å². The third-order valence-corrected chi connectivity index (χ3v) is 3.35. The number of nitrogens with zero attached hydrogens (tertiary/aromatic N) is 4. The minimum atomic E-state index is 0.514. The van der Waals surface area contributed by atoms with Gasteiger partial charge in [0.05, 0.1) is 0 Å². The highest BCUT2D eigenvalue weighted by atomic mass is 35.5. The summed E-state index contributed by atoms with van der Waals surface area (Å²) >= 11 is 6.11. The largest absolute Gasteiger partial charge is 0.354 e. The van der Waals surface area contributed by atoms with Crippen LogP contribution in [0.5, 0.6) is 0 Å². The van der Waals surface area contributed by atoms with E-state index in [0.717, 1.165) is 51.0 Å². The molecule has 0 atom stereocenters. The Balaban J connectivity index is 2.24. The molecule has 0 spiro atoms. The first-order chi connectivity index (χ1) is 8.74. The molecule has 2 rings (SSSR count). The van der Waals surface area contributed by atoms with E-state index in [1.807, 2.05) is 6.07 Å². The number of halogens is 1. The van der Waals surface area contributed by atoms with Gasteiger partial charge >= 0.3 is 0 Å². The zero-order valence-electron chi connectivity index (χ0n) is 11.0. The van der Waals surface area contributed by atoms with Gasteiger partial charge in [-0.25, -0.2) is 4.98 Å². The van der Waals surface area contributed by atoms with E-state index in [2.05, 4.69) is 38.9 Å². The zero-order chi connectivity index (χ0) is 13.0. The molecule has 0 saturated carbocycles. The van der Waals surface area contributed by atoms with Gasteiger partial charge < -0.3 is 15.1 Å². The van der Waals surface area contributed by atoms with Crippen molar-refractivity contribution < 1.29 is 0 Å². The second-order valence-corrected chi connectivity index (χ2v) is 4.65. The Bertz CT molecular complexity index is 388. The van der Waals surface area contributed by atoms with Crippen molar-refractivity contribution in [1.29, 1.82) is 0 Å². The molecule has 1 aromatic rings. The van der Waals surface area contributed by atoms with E-state index >= 15 is 0 Å². The van der Waals surface area contributed by atoms with Crippen molar-refractivity contribution in [3.05, 3.63) is 11.2 Å². The number of rotatable bonds is 4. The van der Waals surface area contributed by atoms with Crippen molar-refractivity contribution in [2.45, 2.75) is 13.8 Å². The van der Waals surface area contributed by atoms with Crippen LogP contribution in [0.1, 0.15) is 13.8 Å². The van der Waals surface area contributed by atoms with Gasteiger partial charge in [-0.2, -0.15) is 4.98 Å². The average Bonchev–Trinajstić information content (AvgIpc) is 2.40. The predicted molar refractivity (Wildman–Crippen MR) is 75.7 cm³/mol. The molecule has 1 aromatic heterocycles. The van der Waals surface area contributed by atoms with Gasteiger partial charge in [0.2, 0.25) is 5.95 Å². The van der Waals surface area contributed by atoms with Crippen LogP contribution in [0.3, 0.4) is 0 Å². The van der Waals surface area contributed by atoms with Crippen LogP contribution in [0, 0.1) is 0 Å². The Hall–Kier alpha value is -1.07. The van der Waals surface area contributed by atoms with Crippen molar-refractivity contribution >= 4 is 23.4 Å². The molecule has 6 heteroatoms. The van der Waals surface area contributed by atoms with Gasteiger partial charge in [0.25, 0.3) is 0 Å². The molecule has 100 valence electrons. The summed E-state index contributed by atoms with van der Waals surface area (Å²) in [5, 5.41) is 3.84. The van der Waals surface area contributed by atoms with Gasteiger partial charge in [0.15, 0.2) is 0 Å². The fourth-order valence-corrected chi connectivity index (χ4v) is 2.27. The third-order valence-electron chi connectivity index (χ3n) is 3.16. The minimum absolute atomic E-state index is 0.514. The summed E-state index contributed by atoms with van der Waals surface area (Å²) in [6.45, 7) is 9.87. The normalized spacial score (nSPS) is 15.8. The molecule has 0 aliphatic carbocycles. The van der Waals surface area contributed by atoms with Gasteiger partial charge in [-0.1, -0.05) is 11.6 Å². The van der Waals surface area contributed by atoms with Crippen molar-refractivity contribution in [2.24, 2.45) is 0 Å². The van der Waals surface area contributed by atoms with E-state index < -0.39 is 0 Å². The van der Waals surface area contributed by atoms with E-state index in [9.17, 15) is 0 Å². The molecule has 0 aromatic carbocycles. The lowest BCUT2D eigenvalue weighted by Crippen LogP contribution is -2.44. The molecule has 0 amide bonds. The quantitative estimate of drug-likeness (QED) is 0.837. The molecule has 1 fully saturated rings. The molecule has 2 heterocycles. The summed E-state index contributed by atoms with van der Waals surface area (Å²) in [5.74, 6) is 1.65. The van der Waals surface area contributed by atoms with E-state index in [1.165, 1.54) is 0 Å². The molecule has 0 unspecified atom stereocenters. The molecule has 1 saturated heterocycles. The fourth-order valence-electron chi connectivity index (χ4n) is 2.10. The van der Waals surface area contributed by atoms with Crippen LogP contribution in [-0.2, 0) is 0 Å². The monoisotopic (exact) mass is 269 g/mol. The highest BCUT2D eigenvalue weighted by molar-refractivity contribution is 6.29. The molecule has 1 N–H and O–H groups in total. The van der Waals surface area contributed by atoms with Gasteiger partial charge in [0, 0.05) is 45.3 Å². The number of hydrogen-bond acceptors (Lipinski definition) is 5. The second kappa shape index (κ2) is 6.20. The van der Waals surface area contributed by atoms with Crippen LogP contribution in [-0.4, -0.2) is 49.2 Å². The summed E-state index contributed by atoms with van der Waals surface area (Å²) < 4.78 is 0. The molecular formula is C12H20ClN5. The Morgan fingerprint density at radius 2 is 1.94 bits per heavy atom. The highest BCUT2D eigenvalue weighted by Gasteiger charge is 2.15. The molecule has 1 aliphatic heterocycles. The molecule has 5 nitrogen and oxygen atoms in total. The van der Waals surface area contributed by atoms with Crippen molar-refractivity contribution in [3.63, 3.8) is 0 Å². The molecule has 0 bridgehead atoms. The number of hydrogen-bond donors (Lipinski definition) is 1. The number of aromatic nitrogens is 2. The molecule has 1 aliphatic rings. The van der Waals surface area contributed by atoms with Gasteiger partial charge in [-0.05, 0) is 13.8 Å². The summed E-state index contributed by atoms with van der Waals surface area (Å²) in [5.41, 5.74) is 0. The lowest BCUT2D eigenvalue weighted by molar-refractivity contribution is 0.584. The van der Waals surface area contributed by atoms with Gasteiger partial charge in [0.1, 0.15) is 11.0 Å². The van der Waals surface area contributed by atoms with E-state index in [1.54, 1.807) is 0 Å². The molecular weight excluding hydrogens is 250 g/mol. The Kier molecular flexibility index (Phi) is 4.60. The summed E-state index contributed by atoms with van der Waals surface area (Å²) in [6, 6.07) is 1.85. The van der Waals surface area contributed by atoms with E-state index in [0.29, 0.717) is 5.15 Å². The maximum absolute atomic E-state index is 6.11. The second-order valence-electron chi connectivity index (χ2n) is 4.26. The SMILES string of the molecule is CCN(CC)c1nc(Cl)cc(N2CCNCC2)n1. The Morgan fingerprint density at radius 1 is 1.28 bits per heavy atom. The lowest BCUT2D eigenvalue weighted by atomic mass is 10.3. The summed E-state index contributed by atoms with van der Waals surface area (Å²) in [4.78, 5) is 13.3.